The highest BCUT2D eigenvalue weighted by Gasteiger charge is 2.15. The summed E-state index contributed by atoms with van der Waals surface area (Å²) in [4.78, 5) is 4.57. The molecule has 0 aliphatic heterocycles. The van der Waals surface area contributed by atoms with Gasteiger partial charge in [0, 0.05) is 18.0 Å². The maximum atomic E-state index is 4.72. The lowest BCUT2D eigenvalue weighted by atomic mass is 10.1. The Kier molecular flexibility index (Phi) is 5.31. The van der Waals surface area contributed by atoms with Crippen LogP contribution in [0.15, 0.2) is 17.6 Å². The molecule has 0 aliphatic carbocycles. The Morgan fingerprint density at radius 2 is 2.10 bits per heavy atom. The average Bonchev–Trinajstić information content (AvgIpc) is 3.07. The Balaban J connectivity index is 2.08. The summed E-state index contributed by atoms with van der Waals surface area (Å²) < 4.78 is 2.11. The van der Waals surface area contributed by atoms with E-state index in [1.165, 1.54) is 0 Å². The predicted molar refractivity (Wildman–Crippen MR) is 84.2 cm³/mol. The lowest BCUT2D eigenvalue weighted by Crippen LogP contribution is -2.19. The summed E-state index contributed by atoms with van der Waals surface area (Å²) >= 11 is 1.70. The molecule has 0 aliphatic rings. The topological polar surface area (TPSA) is 42.7 Å². The van der Waals surface area contributed by atoms with E-state index in [1.807, 2.05) is 14.0 Å². The van der Waals surface area contributed by atoms with E-state index in [-0.39, 0.29) is 6.04 Å². The summed E-state index contributed by atoms with van der Waals surface area (Å²) in [6.07, 6.45) is 5.23. The van der Waals surface area contributed by atoms with Gasteiger partial charge in [-0.1, -0.05) is 13.8 Å². The van der Waals surface area contributed by atoms with Crippen LogP contribution in [0.1, 0.15) is 55.2 Å². The predicted octanol–water partition coefficient (Wildman–Crippen LogP) is 3.51. The summed E-state index contributed by atoms with van der Waals surface area (Å²) in [7, 11) is 1.98. The van der Waals surface area contributed by atoms with Gasteiger partial charge in [-0.05, 0) is 32.9 Å². The van der Waals surface area contributed by atoms with Crippen LogP contribution in [-0.4, -0.2) is 21.8 Å². The van der Waals surface area contributed by atoms with Gasteiger partial charge in [0.25, 0.3) is 0 Å². The number of likely N-dealkylation sites (N-methyl/N-ethyl adjacent to an activating group) is 1. The van der Waals surface area contributed by atoms with Crippen molar-refractivity contribution in [2.45, 2.75) is 52.1 Å². The molecule has 0 spiro atoms. The van der Waals surface area contributed by atoms with Gasteiger partial charge >= 0.3 is 0 Å². The van der Waals surface area contributed by atoms with Crippen molar-refractivity contribution in [2.75, 3.05) is 7.05 Å². The fraction of sp³-hybridized carbons (Fsp3) is 0.600. The zero-order valence-corrected chi connectivity index (χ0v) is 13.6. The van der Waals surface area contributed by atoms with E-state index in [1.54, 1.807) is 11.3 Å². The molecule has 1 N–H and O–H groups in total. The van der Waals surface area contributed by atoms with Gasteiger partial charge in [0.1, 0.15) is 0 Å². The van der Waals surface area contributed by atoms with E-state index in [2.05, 4.69) is 46.5 Å². The molecule has 2 aromatic heterocycles. The minimum atomic E-state index is 0.241. The highest BCUT2D eigenvalue weighted by Crippen LogP contribution is 2.21. The fourth-order valence-electron chi connectivity index (χ4n) is 2.46. The van der Waals surface area contributed by atoms with Crippen LogP contribution in [0.3, 0.4) is 0 Å². The Hall–Kier alpha value is -1.20. The van der Waals surface area contributed by atoms with Crippen LogP contribution < -0.4 is 5.32 Å². The largest absolute Gasteiger partial charge is 0.311 e. The minimum Gasteiger partial charge on any atom is -0.311 e. The van der Waals surface area contributed by atoms with Gasteiger partial charge in [0.2, 0.25) is 0 Å². The Morgan fingerprint density at radius 3 is 2.65 bits per heavy atom. The molecule has 0 amide bonds. The minimum absolute atomic E-state index is 0.241. The quantitative estimate of drug-likeness (QED) is 0.849. The van der Waals surface area contributed by atoms with E-state index < -0.39 is 0 Å². The number of thiazole rings is 1. The van der Waals surface area contributed by atoms with Gasteiger partial charge in [-0.2, -0.15) is 5.10 Å². The van der Waals surface area contributed by atoms with Crippen molar-refractivity contribution in [3.05, 3.63) is 34.0 Å². The highest BCUT2D eigenvalue weighted by molar-refractivity contribution is 7.09. The Morgan fingerprint density at radius 1 is 1.35 bits per heavy atom. The lowest BCUT2D eigenvalue weighted by Gasteiger charge is -2.14. The normalized spacial score (nSPS) is 13.1. The number of hydrogen-bond donors (Lipinski definition) is 1. The van der Waals surface area contributed by atoms with Crippen molar-refractivity contribution in [3.63, 3.8) is 0 Å². The van der Waals surface area contributed by atoms with Gasteiger partial charge in [-0.25, -0.2) is 4.98 Å². The molecule has 5 heteroatoms. The van der Waals surface area contributed by atoms with Crippen molar-refractivity contribution in [2.24, 2.45) is 0 Å². The Labute approximate surface area is 125 Å². The van der Waals surface area contributed by atoms with Crippen LogP contribution in [0.2, 0.25) is 0 Å². The van der Waals surface area contributed by atoms with Crippen molar-refractivity contribution < 1.29 is 0 Å². The van der Waals surface area contributed by atoms with E-state index in [0.717, 1.165) is 35.7 Å². The first-order valence-corrected chi connectivity index (χ1v) is 8.19. The number of nitrogens with one attached hydrogen (secondary N) is 1. The second-order valence-electron chi connectivity index (χ2n) is 5.09. The van der Waals surface area contributed by atoms with E-state index >= 15 is 0 Å². The molecule has 1 unspecified atom stereocenters. The SMILES string of the molecule is CCC(CC)n1ccc(CC(NC)c2csc(C)n2)n1. The van der Waals surface area contributed by atoms with Crippen molar-refractivity contribution in [1.82, 2.24) is 20.1 Å². The number of rotatable bonds is 7. The second-order valence-corrected chi connectivity index (χ2v) is 6.16. The molecule has 1 atom stereocenters. The van der Waals surface area contributed by atoms with E-state index in [4.69, 9.17) is 5.10 Å². The molecular weight excluding hydrogens is 268 g/mol. The summed E-state index contributed by atoms with van der Waals surface area (Å²) in [6, 6.07) is 2.88. The smallest absolute Gasteiger partial charge is 0.0898 e. The molecule has 4 nitrogen and oxygen atoms in total. The Bertz CT molecular complexity index is 527. The van der Waals surface area contributed by atoms with Crippen molar-refractivity contribution in [1.29, 1.82) is 0 Å². The van der Waals surface area contributed by atoms with Crippen LogP contribution in [0.25, 0.3) is 0 Å². The molecule has 0 aromatic carbocycles. The summed E-state index contributed by atoms with van der Waals surface area (Å²) in [5.74, 6) is 0. The van der Waals surface area contributed by atoms with Gasteiger partial charge in [-0.15, -0.1) is 11.3 Å². The molecule has 0 fully saturated rings. The van der Waals surface area contributed by atoms with Crippen molar-refractivity contribution in [3.8, 4) is 0 Å². The highest BCUT2D eigenvalue weighted by atomic mass is 32.1. The first kappa shape index (κ1) is 15.2. The molecular formula is C15H24N4S. The third-order valence-corrected chi connectivity index (χ3v) is 4.53. The van der Waals surface area contributed by atoms with Crippen molar-refractivity contribution >= 4 is 11.3 Å². The maximum Gasteiger partial charge on any atom is 0.0898 e. The van der Waals surface area contributed by atoms with Crippen LogP contribution in [-0.2, 0) is 6.42 Å². The maximum absolute atomic E-state index is 4.72. The molecule has 0 radical (unpaired) electrons. The first-order chi connectivity index (χ1) is 9.67. The molecule has 2 rings (SSSR count). The third kappa shape index (κ3) is 3.46. The van der Waals surface area contributed by atoms with Gasteiger partial charge in [0.15, 0.2) is 0 Å². The zero-order valence-electron chi connectivity index (χ0n) is 12.8. The number of aryl methyl sites for hydroxylation is 1. The fourth-order valence-corrected chi connectivity index (χ4v) is 3.12. The zero-order chi connectivity index (χ0) is 14.5. The van der Waals surface area contributed by atoms with Crippen LogP contribution in [0, 0.1) is 6.92 Å². The third-order valence-electron chi connectivity index (χ3n) is 3.74. The molecule has 110 valence electrons. The lowest BCUT2D eigenvalue weighted by molar-refractivity contribution is 0.423. The summed E-state index contributed by atoms with van der Waals surface area (Å²) in [6.45, 7) is 6.47. The van der Waals surface area contributed by atoms with Gasteiger partial charge in [0.05, 0.1) is 28.5 Å². The number of hydrogen-bond acceptors (Lipinski definition) is 4. The number of nitrogens with zero attached hydrogens (tertiary/aromatic N) is 3. The molecule has 0 bridgehead atoms. The summed E-state index contributed by atoms with van der Waals surface area (Å²) in [5.41, 5.74) is 2.24. The molecule has 0 saturated heterocycles. The van der Waals surface area contributed by atoms with Crippen LogP contribution in [0.4, 0.5) is 0 Å². The van der Waals surface area contributed by atoms with Crippen LogP contribution >= 0.6 is 11.3 Å². The molecule has 0 saturated carbocycles. The van der Waals surface area contributed by atoms with E-state index in [0.29, 0.717) is 6.04 Å². The van der Waals surface area contributed by atoms with Gasteiger partial charge in [-0.3, -0.25) is 4.68 Å². The monoisotopic (exact) mass is 292 g/mol. The van der Waals surface area contributed by atoms with Crippen LogP contribution in [0.5, 0.6) is 0 Å². The standard InChI is InChI=1S/C15H24N4S/c1-5-13(6-2)19-8-7-12(18-19)9-14(16-4)15-10-20-11(3)17-15/h7-8,10,13-14,16H,5-6,9H2,1-4H3. The summed E-state index contributed by atoms with van der Waals surface area (Å²) in [5, 5.41) is 11.3. The number of aromatic nitrogens is 3. The molecule has 2 aromatic rings. The first-order valence-electron chi connectivity index (χ1n) is 7.31. The second kappa shape index (κ2) is 6.99. The van der Waals surface area contributed by atoms with Gasteiger partial charge < -0.3 is 5.32 Å². The molecule has 20 heavy (non-hydrogen) atoms. The van der Waals surface area contributed by atoms with E-state index in [9.17, 15) is 0 Å². The average molecular weight is 292 g/mol. The molecule has 2 heterocycles.